The fourth-order valence-corrected chi connectivity index (χ4v) is 2.68. The van der Waals surface area contributed by atoms with Crippen LogP contribution in [-0.4, -0.2) is 20.5 Å². The number of carbonyl (C=O) groups is 1. The van der Waals surface area contributed by atoms with Gasteiger partial charge in [-0.25, -0.2) is 0 Å². The van der Waals surface area contributed by atoms with Gasteiger partial charge in [-0.1, -0.05) is 23.7 Å². The molecule has 0 unspecified atom stereocenters. The second-order valence-electron chi connectivity index (χ2n) is 5.79. The van der Waals surface area contributed by atoms with Crippen molar-refractivity contribution in [3.8, 4) is 0 Å². The maximum Gasteiger partial charge on any atom is 0.253 e. The molecular formula is C17H15ClN4O. The zero-order valence-corrected chi connectivity index (χ0v) is 13.1. The fourth-order valence-electron chi connectivity index (χ4n) is 2.55. The molecule has 23 heavy (non-hydrogen) atoms. The van der Waals surface area contributed by atoms with Gasteiger partial charge < -0.3 is 5.32 Å². The first-order valence-corrected chi connectivity index (χ1v) is 7.96. The molecule has 4 rings (SSSR count). The first-order valence-electron chi connectivity index (χ1n) is 7.58. The maximum absolute atomic E-state index is 12.4. The molecule has 0 atom stereocenters. The predicted molar refractivity (Wildman–Crippen MR) is 87.6 cm³/mol. The third-order valence-corrected chi connectivity index (χ3v) is 4.25. The molecule has 2 aromatic heterocycles. The maximum atomic E-state index is 12.4. The lowest BCUT2D eigenvalue weighted by Crippen LogP contribution is -2.23. The van der Waals surface area contributed by atoms with Crippen LogP contribution < -0.4 is 5.32 Å². The topological polar surface area (TPSA) is 59.3 Å². The minimum atomic E-state index is -0.114. The van der Waals surface area contributed by atoms with Crippen LogP contribution in [-0.2, 0) is 6.54 Å². The Hall–Kier alpha value is -2.40. The number of benzene rings is 1. The van der Waals surface area contributed by atoms with Crippen molar-refractivity contribution in [3.63, 3.8) is 0 Å². The van der Waals surface area contributed by atoms with E-state index in [9.17, 15) is 4.79 Å². The average Bonchev–Trinajstić information content (AvgIpc) is 3.33. The SMILES string of the molecule is O=C(NCc1ccc(Cl)cc1)c1ccc2nnc(C3CC3)n2c1. The molecule has 2 heterocycles. The number of hydrogen-bond acceptors (Lipinski definition) is 3. The Morgan fingerprint density at radius 1 is 1.17 bits per heavy atom. The first kappa shape index (κ1) is 14.2. The Balaban J connectivity index is 1.52. The monoisotopic (exact) mass is 326 g/mol. The lowest BCUT2D eigenvalue weighted by atomic mass is 10.2. The number of fused-ring (bicyclic) bond motifs is 1. The van der Waals surface area contributed by atoms with Gasteiger partial charge in [-0.05, 0) is 42.7 Å². The molecule has 1 aliphatic rings. The molecule has 0 saturated heterocycles. The van der Waals surface area contributed by atoms with E-state index in [1.807, 2.05) is 40.9 Å². The number of hydrogen-bond donors (Lipinski definition) is 1. The molecule has 1 amide bonds. The Morgan fingerprint density at radius 2 is 1.96 bits per heavy atom. The van der Waals surface area contributed by atoms with Gasteiger partial charge in [0.05, 0.1) is 5.56 Å². The van der Waals surface area contributed by atoms with Crippen LogP contribution in [0.15, 0.2) is 42.6 Å². The number of carbonyl (C=O) groups excluding carboxylic acids is 1. The van der Waals surface area contributed by atoms with Gasteiger partial charge in [0, 0.05) is 23.7 Å². The van der Waals surface area contributed by atoms with E-state index in [1.165, 1.54) is 0 Å². The van der Waals surface area contributed by atoms with Gasteiger partial charge in [-0.15, -0.1) is 10.2 Å². The molecule has 1 fully saturated rings. The van der Waals surface area contributed by atoms with Gasteiger partial charge in [-0.3, -0.25) is 9.20 Å². The standard InChI is InChI=1S/C17H15ClN4O/c18-14-6-1-11(2-7-14)9-19-17(23)13-5-8-15-20-21-16(12-3-4-12)22(15)10-13/h1-2,5-8,10,12H,3-4,9H2,(H,19,23). The molecule has 0 aliphatic heterocycles. The summed E-state index contributed by atoms with van der Waals surface area (Å²) in [6.45, 7) is 0.464. The summed E-state index contributed by atoms with van der Waals surface area (Å²) < 4.78 is 1.93. The van der Waals surface area contributed by atoms with E-state index in [-0.39, 0.29) is 5.91 Å². The van der Waals surface area contributed by atoms with E-state index in [4.69, 9.17) is 11.6 Å². The lowest BCUT2D eigenvalue weighted by molar-refractivity contribution is 0.0950. The normalized spacial score (nSPS) is 14.1. The van der Waals surface area contributed by atoms with Crippen LogP contribution >= 0.6 is 11.6 Å². The zero-order valence-electron chi connectivity index (χ0n) is 12.4. The molecular weight excluding hydrogens is 312 g/mol. The van der Waals surface area contributed by atoms with E-state index in [0.717, 1.165) is 29.9 Å². The largest absolute Gasteiger partial charge is 0.348 e. The van der Waals surface area contributed by atoms with Gasteiger partial charge in [0.15, 0.2) is 5.65 Å². The zero-order chi connectivity index (χ0) is 15.8. The van der Waals surface area contributed by atoms with Gasteiger partial charge in [0.2, 0.25) is 0 Å². The summed E-state index contributed by atoms with van der Waals surface area (Å²) >= 11 is 5.86. The highest BCUT2D eigenvalue weighted by molar-refractivity contribution is 6.30. The predicted octanol–water partition coefficient (Wildman–Crippen LogP) is 3.19. The number of nitrogens with zero attached hydrogens (tertiary/aromatic N) is 3. The van der Waals surface area contributed by atoms with Crippen LogP contribution in [0.25, 0.3) is 5.65 Å². The molecule has 0 spiro atoms. The Morgan fingerprint density at radius 3 is 2.70 bits per heavy atom. The molecule has 0 radical (unpaired) electrons. The van der Waals surface area contributed by atoms with E-state index < -0.39 is 0 Å². The van der Waals surface area contributed by atoms with Gasteiger partial charge in [-0.2, -0.15) is 0 Å². The fraction of sp³-hybridized carbons (Fsp3) is 0.235. The Bertz CT molecular complexity index is 868. The van der Waals surface area contributed by atoms with Crippen molar-refractivity contribution in [2.45, 2.75) is 25.3 Å². The second-order valence-corrected chi connectivity index (χ2v) is 6.22. The van der Waals surface area contributed by atoms with E-state index in [0.29, 0.717) is 23.0 Å². The molecule has 1 aromatic carbocycles. The van der Waals surface area contributed by atoms with E-state index in [1.54, 1.807) is 6.07 Å². The molecule has 0 bridgehead atoms. The van der Waals surface area contributed by atoms with E-state index in [2.05, 4.69) is 15.5 Å². The van der Waals surface area contributed by atoms with Crippen molar-refractivity contribution in [1.29, 1.82) is 0 Å². The summed E-state index contributed by atoms with van der Waals surface area (Å²) in [4.78, 5) is 12.4. The highest BCUT2D eigenvalue weighted by atomic mass is 35.5. The van der Waals surface area contributed by atoms with Crippen molar-refractivity contribution in [1.82, 2.24) is 19.9 Å². The van der Waals surface area contributed by atoms with Crippen molar-refractivity contribution >= 4 is 23.2 Å². The summed E-state index contributed by atoms with van der Waals surface area (Å²) in [6, 6.07) is 11.0. The van der Waals surface area contributed by atoms with Gasteiger partial charge >= 0.3 is 0 Å². The number of halogens is 1. The highest BCUT2D eigenvalue weighted by Gasteiger charge is 2.28. The van der Waals surface area contributed by atoms with Crippen LogP contribution in [0.2, 0.25) is 5.02 Å². The van der Waals surface area contributed by atoms with Crippen molar-refractivity contribution in [3.05, 3.63) is 64.6 Å². The highest BCUT2D eigenvalue weighted by Crippen LogP contribution is 2.38. The minimum Gasteiger partial charge on any atom is -0.348 e. The molecule has 1 aliphatic carbocycles. The third kappa shape index (κ3) is 2.92. The average molecular weight is 327 g/mol. The molecule has 1 N–H and O–H groups in total. The molecule has 6 heteroatoms. The number of pyridine rings is 1. The van der Waals surface area contributed by atoms with Gasteiger partial charge in [0.1, 0.15) is 5.82 Å². The Kier molecular flexibility index (Phi) is 3.50. The number of amides is 1. The van der Waals surface area contributed by atoms with Crippen LogP contribution in [0, 0.1) is 0 Å². The van der Waals surface area contributed by atoms with E-state index >= 15 is 0 Å². The Labute approximate surface area is 138 Å². The first-order chi connectivity index (χ1) is 11.2. The smallest absolute Gasteiger partial charge is 0.253 e. The summed E-state index contributed by atoms with van der Waals surface area (Å²) in [6.07, 6.45) is 4.11. The van der Waals surface area contributed by atoms with Crippen LogP contribution in [0.4, 0.5) is 0 Å². The van der Waals surface area contributed by atoms with Gasteiger partial charge in [0.25, 0.3) is 5.91 Å². The number of nitrogens with one attached hydrogen (secondary N) is 1. The molecule has 5 nitrogen and oxygen atoms in total. The van der Waals surface area contributed by atoms with Crippen molar-refractivity contribution in [2.75, 3.05) is 0 Å². The van der Waals surface area contributed by atoms with Crippen LogP contribution in [0.3, 0.4) is 0 Å². The lowest BCUT2D eigenvalue weighted by Gasteiger charge is -2.06. The molecule has 1 saturated carbocycles. The van der Waals surface area contributed by atoms with Crippen LogP contribution in [0.5, 0.6) is 0 Å². The quantitative estimate of drug-likeness (QED) is 0.801. The minimum absolute atomic E-state index is 0.114. The third-order valence-electron chi connectivity index (χ3n) is 4.00. The summed E-state index contributed by atoms with van der Waals surface area (Å²) in [5.41, 5.74) is 2.39. The number of aromatic nitrogens is 3. The second kappa shape index (κ2) is 5.66. The summed E-state index contributed by atoms with van der Waals surface area (Å²) in [5, 5.41) is 12.0. The van der Waals surface area contributed by atoms with Crippen molar-refractivity contribution < 1.29 is 4.79 Å². The van der Waals surface area contributed by atoms with Crippen molar-refractivity contribution in [2.24, 2.45) is 0 Å². The molecule has 116 valence electrons. The number of rotatable bonds is 4. The van der Waals surface area contributed by atoms with Crippen LogP contribution in [0.1, 0.15) is 40.5 Å². The summed E-state index contributed by atoms with van der Waals surface area (Å²) in [7, 11) is 0. The summed E-state index contributed by atoms with van der Waals surface area (Å²) in [5.74, 6) is 1.32. The molecule has 3 aromatic rings.